The number of aromatic nitrogens is 3. The molecule has 246 valence electrons. The predicted molar refractivity (Wildman–Crippen MR) is 202 cm³/mol. The quantitative estimate of drug-likeness (QED) is 0.176. The number of nitrogens with one attached hydrogen (secondary N) is 2. The Labute approximate surface area is 281 Å². The lowest BCUT2D eigenvalue weighted by Crippen LogP contribution is -2.25. The first-order chi connectivity index (χ1) is 21.6. The number of rotatable bonds is 9. The van der Waals surface area contributed by atoms with E-state index in [2.05, 4.69) is 136 Å². The van der Waals surface area contributed by atoms with Gasteiger partial charge in [-0.25, -0.2) is 15.0 Å². The average Bonchev–Trinajstić information content (AvgIpc) is 3.78. The van der Waals surface area contributed by atoms with E-state index in [0.717, 1.165) is 52.2 Å². The van der Waals surface area contributed by atoms with Gasteiger partial charge in [-0.2, -0.15) is 0 Å². The Bertz CT molecular complexity index is 1450. The molecule has 4 aromatic rings. The molecule has 4 heterocycles. The molecule has 5 rings (SSSR count). The summed E-state index contributed by atoms with van der Waals surface area (Å²) in [5.74, 6) is 0. The molecule has 1 unspecified atom stereocenters. The van der Waals surface area contributed by atoms with Crippen molar-refractivity contribution < 1.29 is 0 Å². The summed E-state index contributed by atoms with van der Waals surface area (Å²) < 4.78 is 0. The van der Waals surface area contributed by atoms with Crippen LogP contribution in [0.5, 0.6) is 0 Å². The number of likely N-dealkylation sites (N-methyl/N-ethyl adjacent to an activating group) is 1. The molecule has 0 saturated carbocycles. The van der Waals surface area contributed by atoms with Crippen LogP contribution in [-0.4, -0.2) is 52.1 Å². The van der Waals surface area contributed by atoms with Crippen LogP contribution in [-0.2, 0) is 12.8 Å². The van der Waals surface area contributed by atoms with Gasteiger partial charge in [0.2, 0.25) is 0 Å². The number of hydrogen-bond donors (Lipinski definition) is 2. The van der Waals surface area contributed by atoms with E-state index in [9.17, 15) is 0 Å². The molecule has 0 amide bonds. The summed E-state index contributed by atoms with van der Waals surface area (Å²) in [7, 11) is 2.17. The van der Waals surface area contributed by atoms with Crippen LogP contribution in [0.1, 0.15) is 84.5 Å². The summed E-state index contributed by atoms with van der Waals surface area (Å²) in [6.07, 6.45) is 7.76. The van der Waals surface area contributed by atoms with Crippen molar-refractivity contribution in [3.05, 3.63) is 76.7 Å². The summed E-state index contributed by atoms with van der Waals surface area (Å²) in [6.45, 7) is 26.6. The third-order valence-electron chi connectivity index (χ3n) is 7.07. The molecule has 1 aromatic carbocycles. The molecule has 0 spiro atoms. The van der Waals surface area contributed by atoms with E-state index in [0.29, 0.717) is 12.1 Å². The van der Waals surface area contributed by atoms with Crippen LogP contribution >= 0.6 is 22.7 Å². The normalized spacial score (nSPS) is 14.0. The van der Waals surface area contributed by atoms with Crippen molar-refractivity contribution in [1.82, 2.24) is 19.9 Å². The van der Waals surface area contributed by atoms with Gasteiger partial charge in [-0.3, -0.25) is 4.90 Å². The molecule has 3 aromatic heterocycles. The maximum Gasteiger partial charge on any atom is 0.183 e. The van der Waals surface area contributed by atoms with Crippen LogP contribution in [0, 0.1) is 6.92 Å². The zero-order valence-electron chi connectivity index (χ0n) is 29.2. The third kappa shape index (κ3) is 12.7. The average molecular weight is 649 g/mol. The standard InChI is InChI=1S/C18H21N3S.C8H12N2S.C8H15N.C3H8/c1-5-13-6-7-14-12(4)8-16(20-15(14)9-13)17-10-22-18(21-17)19-11(2)3;1-3-5-9-8-10-7(4-2)6-11-8;1-7(2)8-5-4-6-9(8)3;1-3-2/h6-11H,5H2,1-4H3,(H,19,21);3,6H,1,4-5H2,2H3,(H,9,10);8H,1,4-6H2,2-3H3;3H2,1-2H3. The number of pyridine rings is 1. The molecule has 0 bridgehead atoms. The Balaban J connectivity index is 0.000000255. The fourth-order valence-corrected chi connectivity index (χ4v) is 6.40. The number of aryl methyl sites for hydroxylation is 3. The van der Waals surface area contributed by atoms with Crippen LogP contribution in [0.25, 0.3) is 22.3 Å². The number of hydrogen-bond acceptors (Lipinski definition) is 8. The van der Waals surface area contributed by atoms with Crippen molar-refractivity contribution in [3.63, 3.8) is 0 Å². The first kappa shape index (κ1) is 38.1. The van der Waals surface area contributed by atoms with Gasteiger partial charge in [-0.05, 0) is 90.2 Å². The highest BCUT2D eigenvalue weighted by atomic mass is 32.1. The van der Waals surface area contributed by atoms with E-state index in [1.807, 2.05) is 6.08 Å². The second kappa shape index (κ2) is 20.1. The SMILES string of the molecule is C=C(C)C1CCCN1C.C=CCNc1nc(CC)cs1.CCC.CCc1ccc2c(C)cc(-c3csc(NC(C)C)n3)nc2c1. The number of likely N-dealkylation sites (tertiary alicyclic amines) is 1. The molecule has 2 N–H and O–H groups in total. The van der Waals surface area contributed by atoms with E-state index < -0.39 is 0 Å². The minimum absolute atomic E-state index is 0.386. The zero-order chi connectivity index (χ0) is 33.4. The molecule has 1 fully saturated rings. The van der Waals surface area contributed by atoms with Crippen molar-refractivity contribution in [3.8, 4) is 11.4 Å². The van der Waals surface area contributed by atoms with Gasteiger partial charge in [0.05, 0.1) is 16.9 Å². The van der Waals surface area contributed by atoms with Gasteiger partial charge in [0, 0.05) is 34.8 Å². The predicted octanol–water partition coefficient (Wildman–Crippen LogP) is 10.4. The summed E-state index contributed by atoms with van der Waals surface area (Å²) in [5, 5.41) is 13.8. The maximum absolute atomic E-state index is 4.82. The molecule has 1 saturated heterocycles. The lowest BCUT2D eigenvalue weighted by Gasteiger charge is -2.18. The number of nitrogens with zero attached hydrogens (tertiary/aromatic N) is 4. The van der Waals surface area contributed by atoms with Gasteiger partial charge in [-0.15, -0.1) is 29.3 Å². The Morgan fingerprint density at radius 2 is 1.73 bits per heavy atom. The molecule has 1 aliphatic heterocycles. The number of thiazole rings is 2. The molecule has 6 nitrogen and oxygen atoms in total. The van der Waals surface area contributed by atoms with Gasteiger partial charge >= 0.3 is 0 Å². The Kier molecular flexibility index (Phi) is 17.1. The van der Waals surface area contributed by atoms with Crippen LogP contribution < -0.4 is 10.6 Å². The van der Waals surface area contributed by atoms with Crippen LogP contribution in [0.2, 0.25) is 0 Å². The molecule has 1 atom stereocenters. The smallest absolute Gasteiger partial charge is 0.183 e. The first-order valence-corrected chi connectivity index (χ1v) is 18.1. The van der Waals surface area contributed by atoms with Crippen molar-refractivity contribution in [2.45, 2.75) is 99.6 Å². The van der Waals surface area contributed by atoms with E-state index in [1.165, 1.54) is 47.9 Å². The second-order valence-electron chi connectivity index (χ2n) is 11.7. The number of benzene rings is 1. The third-order valence-corrected chi connectivity index (χ3v) is 8.69. The lowest BCUT2D eigenvalue weighted by atomic mass is 10.0. The zero-order valence-corrected chi connectivity index (χ0v) is 30.8. The number of anilines is 2. The minimum Gasteiger partial charge on any atom is -0.359 e. The summed E-state index contributed by atoms with van der Waals surface area (Å²) >= 11 is 3.27. The van der Waals surface area contributed by atoms with E-state index in [4.69, 9.17) is 4.98 Å². The molecular weight excluding hydrogens is 593 g/mol. The fraction of sp³-hybridized carbons (Fsp3) is 0.486. The van der Waals surface area contributed by atoms with Gasteiger partial charge in [-0.1, -0.05) is 64.5 Å². The maximum atomic E-state index is 4.82. The van der Waals surface area contributed by atoms with Gasteiger partial charge < -0.3 is 10.6 Å². The topological polar surface area (TPSA) is 66.0 Å². The molecule has 1 aliphatic rings. The van der Waals surface area contributed by atoms with Crippen molar-refractivity contribution >= 4 is 43.8 Å². The van der Waals surface area contributed by atoms with Gasteiger partial charge in [0.25, 0.3) is 0 Å². The minimum atomic E-state index is 0.386. The second-order valence-corrected chi connectivity index (χ2v) is 13.4. The Morgan fingerprint density at radius 3 is 2.27 bits per heavy atom. The largest absolute Gasteiger partial charge is 0.359 e. The van der Waals surface area contributed by atoms with Crippen LogP contribution in [0.4, 0.5) is 10.3 Å². The van der Waals surface area contributed by atoms with E-state index >= 15 is 0 Å². The molecule has 8 heteroatoms. The van der Waals surface area contributed by atoms with Crippen molar-refractivity contribution in [1.29, 1.82) is 0 Å². The molecular formula is C37H56N6S2. The number of fused-ring (bicyclic) bond motifs is 1. The lowest BCUT2D eigenvalue weighted by molar-refractivity contribution is 0.345. The highest BCUT2D eigenvalue weighted by Crippen LogP contribution is 2.28. The van der Waals surface area contributed by atoms with E-state index in [1.54, 1.807) is 22.7 Å². The van der Waals surface area contributed by atoms with E-state index in [-0.39, 0.29) is 0 Å². The van der Waals surface area contributed by atoms with Crippen molar-refractivity contribution in [2.24, 2.45) is 0 Å². The van der Waals surface area contributed by atoms with Gasteiger partial charge in [0.1, 0.15) is 5.69 Å². The highest BCUT2D eigenvalue weighted by Gasteiger charge is 2.20. The fourth-order valence-electron chi connectivity index (χ4n) is 4.75. The Morgan fingerprint density at radius 1 is 1.02 bits per heavy atom. The Hall–Kier alpha value is -3.07. The molecule has 45 heavy (non-hydrogen) atoms. The summed E-state index contributed by atoms with van der Waals surface area (Å²) in [6, 6.07) is 9.73. The van der Waals surface area contributed by atoms with Gasteiger partial charge in [0.15, 0.2) is 10.3 Å². The first-order valence-electron chi connectivity index (χ1n) is 16.3. The molecule has 0 radical (unpaired) electrons. The monoisotopic (exact) mass is 648 g/mol. The summed E-state index contributed by atoms with van der Waals surface area (Å²) in [5.41, 5.74) is 7.98. The highest BCUT2D eigenvalue weighted by molar-refractivity contribution is 7.14. The van der Waals surface area contributed by atoms with Crippen molar-refractivity contribution in [2.75, 3.05) is 30.8 Å². The van der Waals surface area contributed by atoms with Crippen LogP contribution in [0.3, 0.4) is 0 Å². The van der Waals surface area contributed by atoms with Crippen LogP contribution in [0.15, 0.2) is 59.8 Å². The summed E-state index contributed by atoms with van der Waals surface area (Å²) in [4.78, 5) is 16.2. The molecule has 0 aliphatic carbocycles.